The van der Waals surface area contributed by atoms with Crippen LogP contribution in [0.3, 0.4) is 0 Å². The number of nitrogens with zero attached hydrogens (tertiary/aromatic N) is 1. The summed E-state index contributed by atoms with van der Waals surface area (Å²) < 4.78 is 6.25. The van der Waals surface area contributed by atoms with E-state index in [9.17, 15) is 0 Å². The molecule has 0 saturated heterocycles. The lowest BCUT2D eigenvalue weighted by Gasteiger charge is -2.38. The van der Waals surface area contributed by atoms with Gasteiger partial charge in [-0.25, -0.2) is 0 Å². The average Bonchev–Trinajstić information content (AvgIpc) is 2.51. The van der Waals surface area contributed by atoms with E-state index in [1.54, 1.807) is 7.11 Å². The Morgan fingerprint density at radius 1 is 1.09 bits per heavy atom. The van der Waals surface area contributed by atoms with Crippen molar-refractivity contribution in [3.63, 3.8) is 0 Å². The van der Waals surface area contributed by atoms with Crippen LogP contribution in [-0.2, 0) is 0 Å². The Morgan fingerprint density at radius 3 is 2.22 bits per heavy atom. The number of hydrogen-bond donors (Lipinski definition) is 0. The minimum atomic E-state index is 0. The molecule has 3 heteroatoms. The van der Waals surface area contributed by atoms with Crippen molar-refractivity contribution in [1.29, 1.82) is 0 Å². The quantitative estimate of drug-likeness (QED) is 0.342. The molecule has 0 spiro atoms. The van der Waals surface area contributed by atoms with Crippen molar-refractivity contribution >= 4 is 0 Å². The zero-order valence-corrected chi connectivity index (χ0v) is 16.1. The van der Waals surface area contributed by atoms with Crippen LogP contribution in [0.15, 0.2) is 36.9 Å². The van der Waals surface area contributed by atoms with Crippen LogP contribution in [0.2, 0.25) is 0 Å². The molecule has 0 N–H and O–H groups in total. The third-order valence-electron chi connectivity index (χ3n) is 4.53. The highest BCUT2D eigenvalue weighted by molar-refractivity contribution is 5.28. The number of rotatable bonds is 11. The van der Waals surface area contributed by atoms with Crippen molar-refractivity contribution in [3.05, 3.63) is 42.5 Å². The number of benzene rings is 1. The van der Waals surface area contributed by atoms with Crippen LogP contribution in [0.4, 0.5) is 0 Å². The van der Waals surface area contributed by atoms with Crippen LogP contribution in [0.5, 0.6) is 5.75 Å². The Balaban J connectivity index is 0.00000484. The third-order valence-corrected chi connectivity index (χ3v) is 4.53. The first-order valence-corrected chi connectivity index (χ1v) is 8.62. The van der Waals surface area contributed by atoms with E-state index in [1.165, 1.54) is 44.1 Å². The Hall–Kier alpha value is -0.990. The van der Waals surface area contributed by atoms with E-state index in [2.05, 4.69) is 51.9 Å². The zero-order valence-electron chi connectivity index (χ0n) is 15.4. The van der Waals surface area contributed by atoms with Crippen LogP contribution >= 0.6 is 0 Å². The van der Waals surface area contributed by atoms with E-state index >= 15 is 0 Å². The van der Waals surface area contributed by atoms with Crippen LogP contribution < -0.4 is 17.1 Å². The minimum Gasteiger partial charge on any atom is -1.00 e. The van der Waals surface area contributed by atoms with Gasteiger partial charge in [0.1, 0.15) is 11.8 Å². The molecule has 0 amide bonds. The molecule has 1 aromatic rings. The maximum Gasteiger partial charge on any atom is 0.118 e. The van der Waals surface area contributed by atoms with E-state index in [1.807, 2.05) is 6.08 Å². The topological polar surface area (TPSA) is 9.23 Å². The Bertz CT molecular complexity index is 428. The highest BCUT2D eigenvalue weighted by atomic mass is 35.5. The van der Waals surface area contributed by atoms with E-state index in [0.29, 0.717) is 6.04 Å². The number of quaternary nitrogens is 1. The standard InChI is InChI=1S/C20H34NO.ClH/c1-6-8-9-10-11-12-20(21(3,4)17-7-2)18-13-15-19(22-5)16-14-18;/h7,13-16,20H,2,6,8-12,17H2,1,3-5H3;1H/q+1;/p-1. The van der Waals surface area contributed by atoms with Gasteiger partial charge in [0.2, 0.25) is 0 Å². The molecule has 132 valence electrons. The highest BCUT2D eigenvalue weighted by Crippen LogP contribution is 2.31. The summed E-state index contributed by atoms with van der Waals surface area (Å²) in [6.45, 7) is 7.19. The molecule has 0 fully saturated rings. The Kier molecular flexibility index (Phi) is 11.0. The van der Waals surface area contributed by atoms with Gasteiger partial charge < -0.3 is 21.6 Å². The summed E-state index contributed by atoms with van der Waals surface area (Å²) in [5, 5.41) is 0. The molecule has 0 radical (unpaired) electrons. The van der Waals surface area contributed by atoms with Crippen molar-refractivity contribution in [3.8, 4) is 5.75 Å². The monoisotopic (exact) mass is 339 g/mol. The molecule has 0 aliphatic rings. The average molecular weight is 340 g/mol. The van der Waals surface area contributed by atoms with Gasteiger partial charge in [-0.3, -0.25) is 0 Å². The normalized spacial score (nSPS) is 12.3. The van der Waals surface area contributed by atoms with Gasteiger partial charge in [-0.2, -0.15) is 0 Å². The molecular weight excluding hydrogens is 306 g/mol. The summed E-state index contributed by atoms with van der Waals surface area (Å²) in [6, 6.07) is 9.11. The molecule has 0 heterocycles. The smallest absolute Gasteiger partial charge is 0.118 e. The summed E-state index contributed by atoms with van der Waals surface area (Å²) in [5.74, 6) is 0.930. The summed E-state index contributed by atoms with van der Waals surface area (Å²) in [4.78, 5) is 0. The van der Waals surface area contributed by atoms with Crippen molar-refractivity contribution in [2.75, 3.05) is 27.7 Å². The van der Waals surface area contributed by atoms with Gasteiger partial charge in [0.15, 0.2) is 0 Å². The second-order valence-corrected chi connectivity index (χ2v) is 6.74. The van der Waals surface area contributed by atoms with Gasteiger partial charge in [-0.05, 0) is 36.8 Å². The molecule has 2 nitrogen and oxygen atoms in total. The molecule has 1 aromatic carbocycles. The predicted octanol–water partition coefficient (Wildman–Crippen LogP) is 2.36. The number of unbranched alkanes of at least 4 members (excludes halogenated alkanes) is 4. The summed E-state index contributed by atoms with van der Waals surface area (Å²) >= 11 is 0. The SMILES string of the molecule is C=CC[N+](C)(C)C(CCCCCCC)c1ccc(OC)cc1.[Cl-]. The molecule has 0 bridgehead atoms. The molecule has 1 unspecified atom stereocenters. The van der Waals surface area contributed by atoms with Gasteiger partial charge in [0.25, 0.3) is 0 Å². The highest BCUT2D eigenvalue weighted by Gasteiger charge is 2.28. The fraction of sp³-hybridized carbons (Fsp3) is 0.600. The first-order chi connectivity index (χ1) is 10.5. The first-order valence-electron chi connectivity index (χ1n) is 8.62. The van der Waals surface area contributed by atoms with Crippen LogP contribution in [-0.4, -0.2) is 32.2 Å². The van der Waals surface area contributed by atoms with Crippen molar-refractivity contribution < 1.29 is 21.6 Å². The Morgan fingerprint density at radius 2 is 1.70 bits per heavy atom. The van der Waals surface area contributed by atoms with E-state index < -0.39 is 0 Å². The van der Waals surface area contributed by atoms with Crippen LogP contribution in [0, 0.1) is 0 Å². The maximum atomic E-state index is 5.29. The third kappa shape index (κ3) is 7.41. The predicted molar refractivity (Wildman–Crippen MR) is 96.3 cm³/mol. The lowest BCUT2D eigenvalue weighted by molar-refractivity contribution is -0.916. The minimum absolute atomic E-state index is 0. The number of hydrogen-bond acceptors (Lipinski definition) is 1. The van der Waals surface area contributed by atoms with Gasteiger partial charge in [-0.1, -0.05) is 39.2 Å². The number of ether oxygens (including phenoxy) is 1. The molecular formula is C20H34ClNO. The second-order valence-electron chi connectivity index (χ2n) is 6.74. The van der Waals surface area contributed by atoms with Gasteiger partial charge in [-0.15, -0.1) is 0 Å². The van der Waals surface area contributed by atoms with E-state index in [4.69, 9.17) is 4.74 Å². The van der Waals surface area contributed by atoms with Gasteiger partial charge in [0, 0.05) is 12.0 Å². The van der Waals surface area contributed by atoms with Crippen molar-refractivity contribution in [2.45, 2.75) is 51.5 Å². The van der Waals surface area contributed by atoms with Gasteiger partial charge >= 0.3 is 0 Å². The summed E-state index contributed by atoms with van der Waals surface area (Å²) in [7, 11) is 6.34. The fourth-order valence-corrected chi connectivity index (χ4v) is 3.15. The van der Waals surface area contributed by atoms with Crippen molar-refractivity contribution in [2.24, 2.45) is 0 Å². The molecule has 0 aliphatic carbocycles. The first kappa shape index (κ1) is 22.0. The molecule has 1 atom stereocenters. The summed E-state index contributed by atoms with van der Waals surface area (Å²) in [5.41, 5.74) is 1.41. The molecule has 0 saturated carbocycles. The molecule has 0 aliphatic heterocycles. The van der Waals surface area contributed by atoms with Crippen LogP contribution in [0.1, 0.15) is 57.1 Å². The van der Waals surface area contributed by atoms with Crippen molar-refractivity contribution in [1.82, 2.24) is 0 Å². The van der Waals surface area contributed by atoms with E-state index in [0.717, 1.165) is 16.8 Å². The Labute approximate surface area is 149 Å². The lowest BCUT2D eigenvalue weighted by atomic mass is 9.96. The second kappa shape index (κ2) is 11.5. The largest absolute Gasteiger partial charge is 1.00 e. The number of methoxy groups -OCH3 is 1. The maximum absolute atomic E-state index is 5.29. The zero-order chi connectivity index (χ0) is 16.4. The van der Waals surface area contributed by atoms with Gasteiger partial charge in [0.05, 0.1) is 27.7 Å². The summed E-state index contributed by atoms with van der Waals surface area (Å²) in [6.07, 6.45) is 9.94. The fourth-order valence-electron chi connectivity index (χ4n) is 3.15. The molecule has 1 rings (SSSR count). The van der Waals surface area contributed by atoms with Crippen LogP contribution in [0.25, 0.3) is 0 Å². The number of likely N-dealkylation sites (N-methyl/N-ethyl adjacent to an activating group) is 1. The number of halogens is 1. The lowest BCUT2D eigenvalue weighted by Crippen LogP contribution is -3.00. The molecule has 23 heavy (non-hydrogen) atoms. The molecule has 0 aromatic heterocycles. The van der Waals surface area contributed by atoms with E-state index in [-0.39, 0.29) is 12.4 Å².